The lowest BCUT2D eigenvalue weighted by Gasteiger charge is -2.01. The van der Waals surface area contributed by atoms with Crippen molar-refractivity contribution in [3.63, 3.8) is 0 Å². The number of unbranched alkanes of at least 4 members (excludes halogenated alkanes) is 1. The lowest BCUT2D eigenvalue weighted by molar-refractivity contribution is -0.117. The molecular formula is C12H20N2O2. The molecule has 0 aliphatic heterocycles. The van der Waals surface area contributed by atoms with Crippen LogP contribution in [0.5, 0.6) is 0 Å². The van der Waals surface area contributed by atoms with Crippen LogP contribution in [0.1, 0.15) is 39.5 Å². The van der Waals surface area contributed by atoms with E-state index in [0.29, 0.717) is 13.0 Å². The van der Waals surface area contributed by atoms with Crippen LogP contribution in [0.3, 0.4) is 0 Å². The van der Waals surface area contributed by atoms with Crippen molar-refractivity contribution < 1.29 is 4.79 Å². The highest BCUT2D eigenvalue weighted by molar-refractivity contribution is 5.75. The third kappa shape index (κ3) is 3.68. The molecule has 0 bridgehead atoms. The fourth-order valence-electron chi connectivity index (χ4n) is 1.69. The van der Waals surface area contributed by atoms with Gasteiger partial charge in [-0.3, -0.25) is 9.13 Å². The summed E-state index contributed by atoms with van der Waals surface area (Å²) < 4.78 is 3.45. The number of carbonyl (C=O) groups excluding carboxylic acids is 1. The Morgan fingerprint density at radius 2 is 1.81 bits per heavy atom. The minimum absolute atomic E-state index is 0.0599. The highest BCUT2D eigenvalue weighted by atomic mass is 16.1. The summed E-state index contributed by atoms with van der Waals surface area (Å²) in [5, 5.41) is 0. The quantitative estimate of drug-likeness (QED) is 0.663. The molecule has 4 nitrogen and oxygen atoms in total. The molecule has 0 amide bonds. The zero-order valence-corrected chi connectivity index (χ0v) is 10.1. The van der Waals surface area contributed by atoms with Gasteiger partial charge in [0.25, 0.3) is 0 Å². The first-order valence-electron chi connectivity index (χ1n) is 5.90. The smallest absolute Gasteiger partial charge is 0.300 e. The Morgan fingerprint density at radius 3 is 2.38 bits per heavy atom. The van der Waals surface area contributed by atoms with E-state index < -0.39 is 0 Å². The number of aryl methyl sites for hydroxylation is 2. The zero-order valence-electron chi connectivity index (χ0n) is 10.1. The highest BCUT2D eigenvalue weighted by Gasteiger charge is 2.02. The van der Waals surface area contributed by atoms with Crippen LogP contribution in [0.2, 0.25) is 0 Å². The summed E-state index contributed by atoms with van der Waals surface area (Å²) in [6.07, 6.45) is 6.98. The van der Waals surface area contributed by atoms with Gasteiger partial charge in [0.1, 0.15) is 5.78 Å². The van der Waals surface area contributed by atoms with E-state index in [1.165, 1.54) is 0 Å². The Labute approximate surface area is 95.9 Å². The number of aromatic nitrogens is 2. The van der Waals surface area contributed by atoms with Crippen LogP contribution in [0.4, 0.5) is 0 Å². The van der Waals surface area contributed by atoms with Gasteiger partial charge in [0.2, 0.25) is 0 Å². The summed E-state index contributed by atoms with van der Waals surface area (Å²) in [4.78, 5) is 22.5. The number of imidazole rings is 1. The Balaban J connectivity index is 2.42. The van der Waals surface area contributed by atoms with E-state index in [4.69, 9.17) is 0 Å². The van der Waals surface area contributed by atoms with Crippen LogP contribution < -0.4 is 5.69 Å². The number of ketones is 1. The van der Waals surface area contributed by atoms with Gasteiger partial charge in [-0.05, 0) is 26.2 Å². The standard InChI is InChI=1S/C12H20N2O2/c1-3-7-13-9-10-14(12(13)16)8-5-4-6-11(2)15/h9-10H,3-8H2,1-2H3. The molecule has 0 fully saturated rings. The molecule has 4 heteroatoms. The van der Waals surface area contributed by atoms with E-state index in [1.54, 1.807) is 16.1 Å². The van der Waals surface area contributed by atoms with Crippen LogP contribution in [-0.2, 0) is 17.9 Å². The number of nitrogens with zero attached hydrogens (tertiary/aromatic N) is 2. The van der Waals surface area contributed by atoms with Crippen molar-refractivity contribution in [2.45, 2.75) is 52.6 Å². The number of Topliss-reactive ketones (excluding diaryl/α,β-unsaturated/α-hetero) is 1. The lowest BCUT2D eigenvalue weighted by Crippen LogP contribution is -2.24. The van der Waals surface area contributed by atoms with Gasteiger partial charge in [0.15, 0.2) is 0 Å². The molecule has 0 saturated heterocycles. The summed E-state index contributed by atoms with van der Waals surface area (Å²) in [6, 6.07) is 0. The third-order valence-electron chi connectivity index (χ3n) is 2.56. The average molecular weight is 224 g/mol. The van der Waals surface area contributed by atoms with E-state index in [0.717, 1.165) is 25.8 Å². The molecule has 0 aliphatic carbocycles. The van der Waals surface area contributed by atoms with Gasteiger partial charge >= 0.3 is 5.69 Å². The van der Waals surface area contributed by atoms with Crippen LogP contribution in [0.25, 0.3) is 0 Å². The molecule has 1 heterocycles. The molecule has 0 saturated carbocycles. The molecule has 0 unspecified atom stereocenters. The average Bonchev–Trinajstić information content (AvgIpc) is 2.57. The van der Waals surface area contributed by atoms with E-state index in [-0.39, 0.29) is 11.5 Å². The monoisotopic (exact) mass is 224 g/mol. The number of hydrogen-bond donors (Lipinski definition) is 0. The molecular weight excluding hydrogens is 204 g/mol. The first-order valence-corrected chi connectivity index (χ1v) is 5.90. The topological polar surface area (TPSA) is 44.0 Å². The second kappa shape index (κ2) is 6.30. The molecule has 0 spiro atoms. The van der Waals surface area contributed by atoms with Crippen LogP contribution >= 0.6 is 0 Å². The number of carbonyl (C=O) groups is 1. The molecule has 0 aliphatic rings. The molecule has 16 heavy (non-hydrogen) atoms. The normalized spacial score (nSPS) is 10.6. The SMILES string of the molecule is CCCn1ccn(CCCCC(C)=O)c1=O. The Morgan fingerprint density at radius 1 is 1.19 bits per heavy atom. The van der Waals surface area contributed by atoms with E-state index >= 15 is 0 Å². The summed E-state index contributed by atoms with van der Waals surface area (Å²) >= 11 is 0. The minimum Gasteiger partial charge on any atom is -0.300 e. The predicted octanol–water partition coefficient (Wildman–Crippen LogP) is 1.82. The van der Waals surface area contributed by atoms with Crippen molar-refractivity contribution in [1.29, 1.82) is 0 Å². The van der Waals surface area contributed by atoms with Gasteiger partial charge in [-0.15, -0.1) is 0 Å². The summed E-state index contributed by atoms with van der Waals surface area (Å²) in [5.74, 6) is 0.218. The molecule has 1 rings (SSSR count). The summed E-state index contributed by atoms with van der Waals surface area (Å²) in [6.45, 7) is 5.14. The number of hydrogen-bond acceptors (Lipinski definition) is 2. The maximum atomic E-state index is 11.7. The van der Waals surface area contributed by atoms with Gasteiger partial charge in [-0.25, -0.2) is 4.79 Å². The Kier molecular flexibility index (Phi) is 5.02. The third-order valence-corrected chi connectivity index (χ3v) is 2.56. The van der Waals surface area contributed by atoms with Gasteiger partial charge in [-0.1, -0.05) is 6.92 Å². The van der Waals surface area contributed by atoms with E-state index in [9.17, 15) is 9.59 Å². The van der Waals surface area contributed by atoms with Crippen LogP contribution in [0.15, 0.2) is 17.2 Å². The van der Waals surface area contributed by atoms with Gasteiger partial charge in [0, 0.05) is 31.9 Å². The number of rotatable bonds is 7. The summed E-state index contributed by atoms with van der Waals surface area (Å²) in [7, 11) is 0. The maximum Gasteiger partial charge on any atom is 0.328 e. The molecule has 1 aromatic heterocycles. The molecule has 0 atom stereocenters. The van der Waals surface area contributed by atoms with Crippen molar-refractivity contribution in [1.82, 2.24) is 9.13 Å². The summed E-state index contributed by atoms with van der Waals surface area (Å²) in [5.41, 5.74) is 0.0599. The highest BCUT2D eigenvalue weighted by Crippen LogP contribution is 1.99. The molecule has 0 aromatic carbocycles. The first kappa shape index (κ1) is 12.7. The largest absolute Gasteiger partial charge is 0.328 e. The Bertz CT molecular complexity index is 390. The van der Waals surface area contributed by atoms with Crippen molar-refractivity contribution in [3.05, 3.63) is 22.9 Å². The zero-order chi connectivity index (χ0) is 12.0. The maximum absolute atomic E-state index is 11.7. The minimum atomic E-state index is 0.0599. The lowest BCUT2D eigenvalue weighted by atomic mass is 10.2. The van der Waals surface area contributed by atoms with Crippen molar-refractivity contribution in [3.8, 4) is 0 Å². The second-order valence-corrected chi connectivity index (χ2v) is 4.13. The van der Waals surface area contributed by atoms with Crippen molar-refractivity contribution in [2.24, 2.45) is 0 Å². The molecule has 0 radical (unpaired) electrons. The van der Waals surface area contributed by atoms with Crippen molar-refractivity contribution in [2.75, 3.05) is 0 Å². The van der Waals surface area contributed by atoms with Crippen molar-refractivity contribution >= 4 is 5.78 Å². The fraction of sp³-hybridized carbons (Fsp3) is 0.667. The predicted molar refractivity (Wildman–Crippen MR) is 63.5 cm³/mol. The van der Waals surface area contributed by atoms with Crippen LogP contribution in [-0.4, -0.2) is 14.9 Å². The fourth-order valence-corrected chi connectivity index (χ4v) is 1.69. The first-order chi connectivity index (χ1) is 7.65. The van der Waals surface area contributed by atoms with Crippen LogP contribution in [0, 0.1) is 0 Å². The second-order valence-electron chi connectivity index (χ2n) is 4.13. The van der Waals surface area contributed by atoms with Gasteiger partial charge < -0.3 is 4.79 Å². The van der Waals surface area contributed by atoms with Gasteiger partial charge in [0.05, 0.1) is 0 Å². The van der Waals surface area contributed by atoms with E-state index in [2.05, 4.69) is 6.92 Å². The van der Waals surface area contributed by atoms with Gasteiger partial charge in [-0.2, -0.15) is 0 Å². The Hall–Kier alpha value is -1.32. The molecule has 1 aromatic rings. The van der Waals surface area contributed by atoms with E-state index in [1.807, 2.05) is 12.4 Å². The molecule has 0 N–H and O–H groups in total. The molecule has 90 valence electrons.